The summed E-state index contributed by atoms with van der Waals surface area (Å²) in [4.78, 5) is 12.2. The molecule has 2 rings (SSSR count). The Hall–Kier alpha value is -2.19. The van der Waals surface area contributed by atoms with Gasteiger partial charge in [-0.3, -0.25) is 9.89 Å². The van der Waals surface area contributed by atoms with Gasteiger partial charge in [0.15, 0.2) is 0 Å². The number of nitrogens with one attached hydrogen (secondary N) is 3. The van der Waals surface area contributed by atoms with E-state index < -0.39 is 15.9 Å². The molecular formula is C16H22N4O3S. The van der Waals surface area contributed by atoms with E-state index in [0.29, 0.717) is 17.1 Å². The fourth-order valence-corrected chi connectivity index (χ4v) is 4.08. The molecule has 0 saturated heterocycles. The fraction of sp³-hybridized carbons (Fsp3) is 0.375. The van der Waals surface area contributed by atoms with Crippen molar-refractivity contribution in [2.45, 2.75) is 39.5 Å². The second-order valence-corrected chi connectivity index (χ2v) is 7.61. The summed E-state index contributed by atoms with van der Waals surface area (Å²) in [5.41, 5.74) is 4.49. The summed E-state index contributed by atoms with van der Waals surface area (Å²) in [7, 11) is -3.80. The predicted octanol–water partition coefficient (Wildman–Crippen LogP) is 1.87. The Morgan fingerprint density at radius 1 is 1.12 bits per heavy atom. The number of aryl methyl sites for hydroxylation is 5. The molecule has 0 unspecified atom stereocenters. The standard InChI is InChI=1S/C16H22N4O3S/c1-9-6-10(2)15(11(3)7-9)18-14(21)8-17-24(22,23)16-12(4)19-20-13(16)5/h6-7,17H,8H2,1-5H3,(H,18,21)(H,19,20). The number of amides is 1. The van der Waals surface area contributed by atoms with Gasteiger partial charge in [0.1, 0.15) is 4.90 Å². The molecule has 1 aromatic heterocycles. The molecule has 7 nitrogen and oxygen atoms in total. The predicted molar refractivity (Wildman–Crippen MR) is 92.5 cm³/mol. The van der Waals surface area contributed by atoms with Gasteiger partial charge in [-0.25, -0.2) is 13.1 Å². The Morgan fingerprint density at radius 3 is 2.21 bits per heavy atom. The third kappa shape index (κ3) is 3.82. The van der Waals surface area contributed by atoms with Crippen LogP contribution in [0.2, 0.25) is 0 Å². The lowest BCUT2D eigenvalue weighted by atomic mass is 10.1. The maximum Gasteiger partial charge on any atom is 0.244 e. The summed E-state index contributed by atoms with van der Waals surface area (Å²) in [5, 5.41) is 9.25. The van der Waals surface area contributed by atoms with Crippen molar-refractivity contribution in [3.63, 3.8) is 0 Å². The number of carbonyl (C=O) groups excluding carboxylic acids is 1. The van der Waals surface area contributed by atoms with Crippen LogP contribution in [0.5, 0.6) is 0 Å². The number of hydrogen-bond donors (Lipinski definition) is 3. The minimum Gasteiger partial charge on any atom is -0.324 e. The fourth-order valence-electron chi connectivity index (χ4n) is 2.73. The molecule has 0 aliphatic rings. The lowest BCUT2D eigenvalue weighted by Gasteiger charge is -2.13. The number of H-pyrrole nitrogens is 1. The third-order valence-electron chi connectivity index (χ3n) is 3.69. The number of nitrogens with zero attached hydrogens (tertiary/aromatic N) is 1. The first-order valence-corrected chi connectivity index (χ1v) is 8.99. The molecule has 0 radical (unpaired) electrons. The van der Waals surface area contributed by atoms with Crippen molar-refractivity contribution in [3.8, 4) is 0 Å². The summed E-state index contributed by atoms with van der Waals surface area (Å²) in [6.07, 6.45) is 0. The number of rotatable bonds is 5. The van der Waals surface area contributed by atoms with Crippen LogP contribution in [0.1, 0.15) is 28.1 Å². The molecule has 8 heteroatoms. The molecule has 1 heterocycles. The number of sulfonamides is 1. The average Bonchev–Trinajstić information content (AvgIpc) is 2.80. The maximum atomic E-state index is 12.3. The van der Waals surface area contributed by atoms with E-state index in [1.54, 1.807) is 13.8 Å². The Kier molecular flexibility index (Phi) is 5.10. The van der Waals surface area contributed by atoms with Crippen molar-refractivity contribution in [3.05, 3.63) is 40.2 Å². The Bertz CT molecular complexity index is 842. The van der Waals surface area contributed by atoms with Crippen molar-refractivity contribution >= 4 is 21.6 Å². The second kappa shape index (κ2) is 6.74. The first kappa shape index (κ1) is 18.2. The van der Waals surface area contributed by atoms with Crippen molar-refractivity contribution in [1.82, 2.24) is 14.9 Å². The topological polar surface area (TPSA) is 104 Å². The smallest absolute Gasteiger partial charge is 0.244 e. The van der Waals surface area contributed by atoms with Crippen molar-refractivity contribution in [2.24, 2.45) is 0 Å². The van der Waals surface area contributed by atoms with Crippen molar-refractivity contribution in [2.75, 3.05) is 11.9 Å². The van der Waals surface area contributed by atoms with Gasteiger partial charge in [0, 0.05) is 5.69 Å². The van der Waals surface area contributed by atoms with E-state index in [-0.39, 0.29) is 11.4 Å². The normalized spacial score (nSPS) is 11.5. The van der Waals surface area contributed by atoms with Gasteiger partial charge in [-0.2, -0.15) is 5.10 Å². The van der Waals surface area contributed by atoms with E-state index in [2.05, 4.69) is 20.2 Å². The number of hydrogen-bond acceptors (Lipinski definition) is 4. The molecule has 3 N–H and O–H groups in total. The molecule has 0 saturated carbocycles. The summed E-state index contributed by atoms with van der Waals surface area (Å²) in [5.74, 6) is -0.424. The second-order valence-electron chi connectivity index (χ2n) is 5.91. The molecule has 2 aromatic rings. The molecule has 0 fully saturated rings. The van der Waals surface area contributed by atoms with Crippen LogP contribution in [-0.4, -0.2) is 31.1 Å². The average molecular weight is 350 g/mol. The zero-order valence-corrected chi connectivity index (χ0v) is 15.3. The highest BCUT2D eigenvalue weighted by Crippen LogP contribution is 2.22. The Morgan fingerprint density at radius 2 is 1.71 bits per heavy atom. The van der Waals surface area contributed by atoms with Gasteiger partial charge in [0.2, 0.25) is 15.9 Å². The van der Waals surface area contributed by atoms with Gasteiger partial charge in [-0.05, 0) is 45.7 Å². The number of benzene rings is 1. The van der Waals surface area contributed by atoms with Crippen LogP contribution in [0.25, 0.3) is 0 Å². The first-order valence-electron chi connectivity index (χ1n) is 7.50. The molecule has 1 aromatic carbocycles. The van der Waals surface area contributed by atoms with E-state index in [4.69, 9.17) is 0 Å². The lowest BCUT2D eigenvalue weighted by molar-refractivity contribution is -0.115. The molecule has 0 bridgehead atoms. The molecule has 1 amide bonds. The largest absolute Gasteiger partial charge is 0.324 e. The monoisotopic (exact) mass is 350 g/mol. The Labute approximate surface area is 141 Å². The molecule has 130 valence electrons. The SMILES string of the molecule is Cc1cc(C)c(NC(=O)CNS(=O)(=O)c2c(C)n[nH]c2C)c(C)c1. The van der Waals surface area contributed by atoms with Crippen LogP contribution in [-0.2, 0) is 14.8 Å². The molecule has 0 spiro atoms. The van der Waals surface area contributed by atoms with E-state index in [1.165, 1.54) is 0 Å². The van der Waals surface area contributed by atoms with E-state index in [0.717, 1.165) is 16.7 Å². The van der Waals surface area contributed by atoms with E-state index in [1.807, 2.05) is 32.9 Å². The number of aromatic nitrogens is 2. The van der Waals surface area contributed by atoms with Gasteiger partial charge in [0.05, 0.1) is 17.9 Å². The van der Waals surface area contributed by atoms with Crippen LogP contribution in [0.15, 0.2) is 17.0 Å². The minimum atomic E-state index is -3.80. The summed E-state index contributed by atoms with van der Waals surface area (Å²) in [6, 6.07) is 3.93. The Balaban J connectivity index is 2.09. The van der Waals surface area contributed by atoms with E-state index in [9.17, 15) is 13.2 Å². The maximum absolute atomic E-state index is 12.3. The number of anilines is 1. The van der Waals surface area contributed by atoms with Crippen LogP contribution in [0.4, 0.5) is 5.69 Å². The first-order chi connectivity index (χ1) is 11.1. The number of carbonyl (C=O) groups is 1. The van der Waals surface area contributed by atoms with Gasteiger partial charge in [-0.15, -0.1) is 0 Å². The van der Waals surface area contributed by atoms with E-state index >= 15 is 0 Å². The van der Waals surface area contributed by atoms with Crippen molar-refractivity contribution < 1.29 is 13.2 Å². The molecule has 0 aliphatic carbocycles. The summed E-state index contributed by atoms with van der Waals surface area (Å²) >= 11 is 0. The van der Waals surface area contributed by atoms with Crippen molar-refractivity contribution in [1.29, 1.82) is 0 Å². The van der Waals surface area contributed by atoms with Crippen LogP contribution in [0.3, 0.4) is 0 Å². The third-order valence-corrected chi connectivity index (χ3v) is 5.36. The molecule has 0 aliphatic heterocycles. The van der Waals surface area contributed by atoms with Crippen LogP contribution >= 0.6 is 0 Å². The highest BCUT2D eigenvalue weighted by Gasteiger charge is 2.23. The zero-order chi connectivity index (χ0) is 18.1. The zero-order valence-electron chi connectivity index (χ0n) is 14.4. The van der Waals surface area contributed by atoms with Gasteiger partial charge < -0.3 is 5.32 Å². The van der Waals surface area contributed by atoms with Gasteiger partial charge in [-0.1, -0.05) is 17.7 Å². The minimum absolute atomic E-state index is 0.0815. The van der Waals surface area contributed by atoms with Crippen LogP contribution in [0, 0.1) is 34.6 Å². The quantitative estimate of drug-likeness (QED) is 0.766. The molecule has 0 atom stereocenters. The molecule has 24 heavy (non-hydrogen) atoms. The summed E-state index contributed by atoms with van der Waals surface area (Å²) < 4.78 is 27.0. The van der Waals surface area contributed by atoms with Gasteiger partial charge >= 0.3 is 0 Å². The van der Waals surface area contributed by atoms with Crippen LogP contribution < -0.4 is 10.0 Å². The highest BCUT2D eigenvalue weighted by atomic mass is 32.2. The lowest BCUT2D eigenvalue weighted by Crippen LogP contribution is -2.33. The van der Waals surface area contributed by atoms with Gasteiger partial charge in [0.25, 0.3) is 0 Å². The number of aromatic amines is 1. The summed E-state index contributed by atoms with van der Waals surface area (Å²) in [6.45, 7) is 8.65. The highest BCUT2D eigenvalue weighted by molar-refractivity contribution is 7.89. The molecular weight excluding hydrogens is 328 g/mol.